The maximum Gasteiger partial charge on any atom is 0.159 e. The number of rotatable bonds is 1. The number of aromatic nitrogens is 4. The smallest absolute Gasteiger partial charge is 0.159 e. The zero-order chi connectivity index (χ0) is 14.2. The van der Waals surface area contributed by atoms with E-state index < -0.39 is 0 Å². The van der Waals surface area contributed by atoms with Gasteiger partial charge >= 0.3 is 0 Å². The molecule has 2 aromatic heterocycles. The van der Waals surface area contributed by atoms with Gasteiger partial charge in [0.05, 0.1) is 11.4 Å². The molecule has 0 saturated carbocycles. The molecule has 0 aliphatic carbocycles. The molecular formula is C16H13N5. The maximum absolute atomic E-state index is 4.74. The van der Waals surface area contributed by atoms with Crippen molar-refractivity contribution in [2.24, 2.45) is 4.99 Å². The molecule has 1 aliphatic heterocycles. The quantitative estimate of drug-likeness (QED) is 0.685. The SMILES string of the molecule is Cc1nnc2n1-c1ccncc1C(c1ccccc1)=NC2. The molecule has 3 heterocycles. The van der Waals surface area contributed by atoms with Crippen molar-refractivity contribution in [3.63, 3.8) is 0 Å². The lowest BCUT2D eigenvalue weighted by Crippen LogP contribution is -2.08. The molecule has 3 aromatic rings. The fourth-order valence-corrected chi connectivity index (χ4v) is 2.66. The van der Waals surface area contributed by atoms with Crippen LogP contribution in [0.5, 0.6) is 0 Å². The van der Waals surface area contributed by atoms with Gasteiger partial charge in [0.1, 0.15) is 12.4 Å². The maximum atomic E-state index is 4.74. The Balaban J connectivity index is 1.99. The van der Waals surface area contributed by atoms with E-state index in [1.54, 1.807) is 6.20 Å². The number of hydrogen-bond acceptors (Lipinski definition) is 4. The van der Waals surface area contributed by atoms with Crippen LogP contribution in [0.15, 0.2) is 53.8 Å². The van der Waals surface area contributed by atoms with Crippen molar-refractivity contribution in [2.75, 3.05) is 0 Å². The zero-order valence-corrected chi connectivity index (χ0v) is 11.6. The largest absolute Gasteiger partial charge is 0.281 e. The normalized spacial score (nSPS) is 13.1. The third-order valence-electron chi connectivity index (χ3n) is 3.61. The molecule has 0 amide bonds. The number of hydrogen-bond donors (Lipinski definition) is 0. The predicted octanol–water partition coefficient (Wildman–Crippen LogP) is 2.32. The second kappa shape index (κ2) is 4.63. The second-order valence-corrected chi connectivity index (χ2v) is 4.92. The molecule has 0 atom stereocenters. The molecule has 0 bridgehead atoms. The van der Waals surface area contributed by atoms with Gasteiger partial charge in [-0.25, -0.2) is 0 Å². The Bertz CT molecular complexity index is 833. The number of aliphatic imine (C=N–C) groups is 1. The monoisotopic (exact) mass is 275 g/mol. The van der Waals surface area contributed by atoms with Crippen molar-refractivity contribution >= 4 is 5.71 Å². The van der Waals surface area contributed by atoms with Gasteiger partial charge in [0.25, 0.3) is 0 Å². The van der Waals surface area contributed by atoms with E-state index in [0.717, 1.165) is 34.2 Å². The number of fused-ring (bicyclic) bond motifs is 3. The first-order valence-corrected chi connectivity index (χ1v) is 6.80. The third-order valence-corrected chi connectivity index (χ3v) is 3.61. The van der Waals surface area contributed by atoms with E-state index in [9.17, 15) is 0 Å². The first kappa shape index (κ1) is 12.0. The number of aryl methyl sites for hydroxylation is 1. The van der Waals surface area contributed by atoms with E-state index >= 15 is 0 Å². The lowest BCUT2D eigenvalue weighted by Gasteiger charge is -2.11. The molecule has 0 saturated heterocycles. The lowest BCUT2D eigenvalue weighted by molar-refractivity contribution is 0.860. The van der Waals surface area contributed by atoms with Crippen molar-refractivity contribution in [1.82, 2.24) is 19.7 Å². The van der Waals surface area contributed by atoms with E-state index in [0.29, 0.717) is 6.54 Å². The Kier molecular flexibility index (Phi) is 2.64. The number of pyridine rings is 1. The molecule has 102 valence electrons. The summed E-state index contributed by atoms with van der Waals surface area (Å²) in [6, 6.07) is 12.2. The summed E-state index contributed by atoms with van der Waals surface area (Å²) in [5.41, 5.74) is 4.07. The first-order chi connectivity index (χ1) is 10.3. The highest BCUT2D eigenvalue weighted by molar-refractivity contribution is 6.15. The van der Waals surface area contributed by atoms with Gasteiger partial charge in [0.15, 0.2) is 5.82 Å². The van der Waals surface area contributed by atoms with Crippen LogP contribution in [-0.4, -0.2) is 25.5 Å². The summed E-state index contributed by atoms with van der Waals surface area (Å²) in [6.07, 6.45) is 3.64. The van der Waals surface area contributed by atoms with E-state index in [4.69, 9.17) is 4.99 Å². The highest BCUT2D eigenvalue weighted by Crippen LogP contribution is 2.24. The molecule has 5 heteroatoms. The summed E-state index contributed by atoms with van der Waals surface area (Å²) in [7, 11) is 0. The van der Waals surface area contributed by atoms with E-state index in [-0.39, 0.29) is 0 Å². The Morgan fingerprint density at radius 2 is 1.90 bits per heavy atom. The van der Waals surface area contributed by atoms with Gasteiger partial charge in [-0.15, -0.1) is 10.2 Å². The van der Waals surface area contributed by atoms with Gasteiger partial charge in [0.2, 0.25) is 0 Å². The van der Waals surface area contributed by atoms with Gasteiger partial charge in [-0.3, -0.25) is 14.5 Å². The minimum atomic E-state index is 0.514. The third kappa shape index (κ3) is 1.86. The van der Waals surface area contributed by atoms with Gasteiger partial charge < -0.3 is 0 Å². The fraction of sp³-hybridized carbons (Fsp3) is 0.125. The van der Waals surface area contributed by atoms with Crippen LogP contribution < -0.4 is 0 Å². The van der Waals surface area contributed by atoms with Crippen molar-refractivity contribution in [1.29, 1.82) is 0 Å². The summed E-state index contributed by atoms with van der Waals surface area (Å²) < 4.78 is 2.05. The summed E-state index contributed by atoms with van der Waals surface area (Å²) in [5, 5.41) is 8.39. The molecule has 0 N–H and O–H groups in total. The van der Waals surface area contributed by atoms with Gasteiger partial charge in [-0.05, 0) is 13.0 Å². The highest BCUT2D eigenvalue weighted by Gasteiger charge is 2.21. The van der Waals surface area contributed by atoms with Gasteiger partial charge in [-0.1, -0.05) is 30.3 Å². The van der Waals surface area contributed by atoms with Crippen LogP contribution in [-0.2, 0) is 6.54 Å². The van der Waals surface area contributed by atoms with Crippen LogP contribution >= 0.6 is 0 Å². The average Bonchev–Trinajstić information content (AvgIpc) is 2.81. The van der Waals surface area contributed by atoms with E-state index in [1.807, 2.05) is 37.4 Å². The lowest BCUT2D eigenvalue weighted by atomic mass is 10.0. The van der Waals surface area contributed by atoms with Crippen LogP contribution in [0.2, 0.25) is 0 Å². The van der Waals surface area contributed by atoms with Gasteiger partial charge in [-0.2, -0.15) is 0 Å². The van der Waals surface area contributed by atoms with Crippen molar-refractivity contribution in [2.45, 2.75) is 13.5 Å². The van der Waals surface area contributed by atoms with Crippen LogP contribution in [0.4, 0.5) is 0 Å². The van der Waals surface area contributed by atoms with Crippen molar-refractivity contribution in [3.05, 3.63) is 71.6 Å². The Labute approximate surface area is 122 Å². The molecule has 4 rings (SSSR count). The predicted molar refractivity (Wildman–Crippen MR) is 79.7 cm³/mol. The Hall–Kier alpha value is -2.82. The standard InChI is InChI=1S/C16H13N5/c1-11-19-20-15-10-18-16(12-5-3-2-4-6-12)13-9-17-8-7-14(13)21(11)15/h2-9H,10H2,1H3. The zero-order valence-electron chi connectivity index (χ0n) is 11.6. The van der Waals surface area contributed by atoms with E-state index in [2.05, 4.69) is 31.9 Å². The summed E-state index contributed by atoms with van der Waals surface area (Å²) >= 11 is 0. The second-order valence-electron chi connectivity index (χ2n) is 4.92. The molecule has 21 heavy (non-hydrogen) atoms. The minimum Gasteiger partial charge on any atom is -0.281 e. The summed E-state index contributed by atoms with van der Waals surface area (Å²) in [5.74, 6) is 1.72. The minimum absolute atomic E-state index is 0.514. The fourth-order valence-electron chi connectivity index (χ4n) is 2.66. The van der Waals surface area contributed by atoms with Crippen LogP contribution in [0, 0.1) is 6.92 Å². The number of nitrogens with zero attached hydrogens (tertiary/aromatic N) is 5. The molecule has 0 radical (unpaired) electrons. The topological polar surface area (TPSA) is 56.0 Å². The summed E-state index contributed by atoms with van der Waals surface area (Å²) in [4.78, 5) is 9.01. The molecule has 0 unspecified atom stereocenters. The molecule has 0 fully saturated rings. The first-order valence-electron chi connectivity index (χ1n) is 6.80. The van der Waals surface area contributed by atoms with Crippen molar-refractivity contribution in [3.8, 4) is 5.69 Å². The molecular weight excluding hydrogens is 262 g/mol. The van der Waals surface area contributed by atoms with E-state index in [1.165, 1.54) is 0 Å². The Morgan fingerprint density at radius 3 is 2.76 bits per heavy atom. The number of benzene rings is 1. The average molecular weight is 275 g/mol. The van der Waals surface area contributed by atoms with Crippen LogP contribution in [0.1, 0.15) is 22.8 Å². The Morgan fingerprint density at radius 1 is 1.05 bits per heavy atom. The summed E-state index contributed by atoms with van der Waals surface area (Å²) in [6.45, 7) is 2.47. The van der Waals surface area contributed by atoms with Crippen LogP contribution in [0.25, 0.3) is 5.69 Å². The van der Waals surface area contributed by atoms with Crippen LogP contribution in [0.3, 0.4) is 0 Å². The molecule has 0 spiro atoms. The molecule has 5 nitrogen and oxygen atoms in total. The highest BCUT2D eigenvalue weighted by atomic mass is 15.3. The van der Waals surface area contributed by atoms with Gasteiger partial charge in [0, 0.05) is 23.5 Å². The van der Waals surface area contributed by atoms with Crippen molar-refractivity contribution < 1.29 is 0 Å². The molecule has 1 aromatic carbocycles. The molecule has 1 aliphatic rings.